The number of carbonyl (C=O) groups excluding carboxylic acids is 1. The Hall–Kier alpha value is -2.36. The van der Waals surface area contributed by atoms with Crippen molar-refractivity contribution >= 4 is 17.6 Å². The summed E-state index contributed by atoms with van der Waals surface area (Å²) in [4.78, 5) is 12.5. The number of hydrogen-bond acceptors (Lipinski definition) is 4. The Morgan fingerprint density at radius 3 is 2.86 bits per heavy atom. The molecule has 2 rings (SSSR count). The third-order valence-electron chi connectivity index (χ3n) is 2.70. The average Bonchev–Trinajstić information content (AvgIpc) is 2.81. The number of halogens is 3. The Bertz CT molecular complexity index is 642. The van der Waals surface area contributed by atoms with Gasteiger partial charge in [-0.3, -0.25) is 9.72 Å². The SMILES string of the molecule is CN(CC(O)C(F)(F)F)C(=O)Nc1nnc2ccccn12. The smallest absolute Gasteiger partial charge is 0.382 e. The van der Waals surface area contributed by atoms with Gasteiger partial charge >= 0.3 is 12.2 Å². The maximum Gasteiger partial charge on any atom is 0.416 e. The Kier molecular flexibility index (Phi) is 3.98. The predicted molar refractivity (Wildman–Crippen MR) is 66.7 cm³/mol. The highest BCUT2D eigenvalue weighted by atomic mass is 19.4. The van der Waals surface area contributed by atoms with Gasteiger partial charge in [-0.15, -0.1) is 10.2 Å². The molecule has 0 spiro atoms. The van der Waals surface area contributed by atoms with Crippen LogP contribution in [0, 0.1) is 0 Å². The van der Waals surface area contributed by atoms with E-state index in [1.54, 1.807) is 24.4 Å². The molecule has 2 heterocycles. The van der Waals surface area contributed by atoms with Crippen molar-refractivity contribution in [1.29, 1.82) is 0 Å². The molecule has 10 heteroatoms. The lowest BCUT2D eigenvalue weighted by atomic mass is 10.3. The first-order chi connectivity index (χ1) is 9.79. The normalized spacial score (nSPS) is 13.2. The molecule has 2 aromatic heterocycles. The van der Waals surface area contributed by atoms with Crippen molar-refractivity contribution in [1.82, 2.24) is 19.5 Å². The average molecular weight is 303 g/mol. The van der Waals surface area contributed by atoms with Crippen LogP contribution < -0.4 is 5.32 Å². The van der Waals surface area contributed by atoms with Gasteiger partial charge in [-0.05, 0) is 12.1 Å². The van der Waals surface area contributed by atoms with Crippen molar-refractivity contribution in [3.63, 3.8) is 0 Å². The standard InChI is InChI=1S/C11H12F3N5O2/c1-18(6-7(20)11(12,13)14)10(21)15-9-17-16-8-4-2-3-5-19(8)9/h2-5,7,20H,6H2,1H3,(H,15,17,21). The predicted octanol–water partition coefficient (Wildman–Crippen LogP) is 1.12. The van der Waals surface area contributed by atoms with Gasteiger partial charge in [-0.1, -0.05) is 6.07 Å². The zero-order valence-corrected chi connectivity index (χ0v) is 10.9. The van der Waals surface area contributed by atoms with Crippen molar-refractivity contribution in [2.24, 2.45) is 0 Å². The van der Waals surface area contributed by atoms with Gasteiger partial charge in [-0.2, -0.15) is 13.2 Å². The molecular weight excluding hydrogens is 291 g/mol. The molecular formula is C11H12F3N5O2. The first-order valence-corrected chi connectivity index (χ1v) is 5.85. The number of likely N-dealkylation sites (N-methyl/N-ethyl adjacent to an activating group) is 1. The molecule has 1 atom stereocenters. The molecule has 0 radical (unpaired) electrons. The maximum atomic E-state index is 12.2. The minimum Gasteiger partial charge on any atom is -0.382 e. The zero-order valence-electron chi connectivity index (χ0n) is 10.9. The number of hydrogen-bond donors (Lipinski definition) is 2. The van der Waals surface area contributed by atoms with Gasteiger partial charge in [-0.25, -0.2) is 4.79 Å². The summed E-state index contributed by atoms with van der Waals surface area (Å²) < 4.78 is 38.1. The van der Waals surface area contributed by atoms with Gasteiger partial charge in [0.25, 0.3) is 0 Å². The van der Waals surface area contributed by atoms with Crippen molar-refractivity contribution in [3.8, 4) is 0 Å². The van der Waals surface area contributed by atoms with Crippen LogP contribution in [-0.2, 0) is 0 Å². The van der Waals surface area contributed by atoms with E-state index in [2.05, 4.69) is 15.5 Å². The van der Waals surface area contributed by atoms with Crippen LogP contribution in [0.3, 0.4) is 0 Å². The Morgan fingerprint density at radius 1 is 1.48 bits per heavy atom. The summed E-state index contributed by atoms with van der Waals surface area (Å²) in [7, 11) is 1.13. The zero-order chi connectivity index (χ0) is 15.6. The summed E-state index contributed by atoms with van der Waals surface area (Å²) in [5, 5.41) is 18.7. The number of amides is 2. The third-order valence-corrected chi connectivity index (χ3v) is 2.70. The fourth-order valence-electron chi connectivity index (χ4n) is 1.56. The fraction of sp³-hybridized carbons (Fsp3) is 0.364. The van der Waals surface area contributed by atoms with E-state index >= 15 is 0 Å². The summed E-state index contributed by atoms with van der Waals surface area (Å²) in [6, 6.07) is 4.22. The van der Waals surface area contributed by atoms with E-state index in [4.69, 9.17) is 5.11 Å². The molecule has 0 aliphatic rings. The highest BCUT2D eigenvalue weighted by Crippen LogP contribution is 2.20. The van der Waals surface area contributed by atoms with Gasteiger partial charge in [0.15, 0.2) is 11.8 Å². The maximum absolute atomic E-state index is 12.2. The molecule has 7 nitrogen and oxygen atoms in total. The number of rotatable bonds is 3. The monoisotopic (exact) mass is 303 g/mol. The fourth-order valence-corrected chi connectivity index (χ4v) is 1.56. The molecule has 2 amide bonds. The summed E-state index contributed by atoms with van der Waals surface area (Å²) >= 11 is 0. The van der Waals surface area contributed by atoms with E-state index in [0.717, 1.165) is 7.05 Å². The van der Waals surface area contributed by atoms with Crippen LogP contribution in [0.4, 0.5) is 23.9 Å². The van der Waals surface area contributed by atoms with E-state index < -0.39 is 24.9 Å². The van der Waals surface area contributed by atoms with E-state index in [1.165, 1.54) is 4.40 Å². The number of alkyl halides is 3. The number of aromatic nitrogens is 3. The number of urea groups is 1. The topological polar surface area (TPSA) is 82.8 Å². The molecule has 0 bridgehead atoms. The quantitative estimate of drug-likeness (QED) is 0.890. The first kappa shape index (κ1) is 15.0. The number of pyridine rings is 1. The molecule has 1 unspecified atom stereocenters. The van der Waals surface area contributed by atoms with Gasteiger partial charge in [0.2, 0.25) is 5.95 Å². The van der Waals surface area contributed by atoms with Gasteiger partial charge < -0.3 is 10.0 Å². The van der Waals surface area contributed by atoms with Gasteiger partial charge in [0.1, 0.15) is 0 Å². The number of nitrogens with zero attached hydrogens (tertiary/aromatic N) is 4. The molecule has 0 saturated carbocycles. The molecule has 0 aromatic carbocycles. The molecule has 0 aliphatic heterocycles. The van der Waals surface area contributed by atoms with Crippen LogP contribution in [0.2, 0.25) is 0 Å². The summed E-state index contributed by atoms with van der Waals surface area (Å²) in [6.07, 6.45) is -5.80. The molecule has 2 N–H and O–H groups in total. The molecule has 2 aromatic rings. The molecule has 0 saturated heterocycles. The lowest BCUT2D eigenvalue weighted by Crippen LogP contribution is -2.43. The van der Waals surface area contributed by atoms with E-state index in [9.17, 15) is 18.0 Å². The van der Waals surface area contributed by atoms with Crippen molar-refractivity contribution in [2.45, 2.75) is 12.3 Å². The van der Waals surface area contributed by atoms with Crippen molar-refractivity contribution < 1.29 is 23.1 Å². The number of anilines is 1. The number of carbonyl (C=O) groups is 1. The highest BCUT2D eigenvalue weighted by Gasteiger charge is 2.39. The van der Waals surface area contributed by atoms with Crippen molar-refractivity contribution in [2.75, 3.05) is 18.9 Å². The van der Waals surface area contributed by atoms with E-state index in [1.807, 2.05) is 0 Å². The second-order valence-electron chi connectivity index (χ2n) is 4.32. The second kappa shape index (κ2) is 5.56. The minimum atomic E-state index is -4.78. The Balaban J connectivity index is 2.04. The lowest BCUT2D eigenvalue weighted by molar-refractivity contribution is -0.205. The summed E-state index contributed by atoms with van der Waals surface area (Å²) in [5.74, 6) is 0.0731. The molecule has 114 valence electrons. The Morgan fingerprint density at radius 2 is 2.19 bits per heavy atom. The molecule has 0 aliphatic carbocycles. The Labute approximate surface area is 117 Å². The minimum absolute atomic E-state index is 0.0731. The second-order valence-corrected chi connectivity index (χ2v) is 4.32. The third kappa shape index (κ3) is 3.40. The van der Waals surface area contributed by atoms with Gasteiger partial charge in [0.05, 0.1) is 6.54 Å². The van der Waals surface area contributed by atoms with E-state index in [0.29, 0.717) is 10.5 Å². The first-order valence-electron chi connectivity index (χ1n) is 5.85. The molecule has 0 fully saturated rings. The van der Waals surface area contributed by atoms with Crippen LogP contribution in [0.25, 0.3) is 5.65 Å². The number of fused-ring (bicyclic) bond motifs is 1. The number of aliphatic hydroxyl groups excluding tert-OH is 1. The summed E-state index contributed by atoms with van der Waals surface area (Å²) in [6.45, 7) is -0.883. The van der Waals surface area contributed by atoms with Crippen LogP contribution in [0.1, 0.15) is 0 Å². The molecule has 21 heavy (non-hydrogen) atoms. The number of nitrogens with one attached hydrogen (secondary N) is 1. The largest absolute Gasteiger partial charge is 0.416 e. The lowest BCUT2D eigenvalue weighted by Gasteiger charge is -2.22. The van der Waals surface area contributed by atoms with Crippen LogP contribution in [0.5, 0.6) is 0 Å². The van der Waals surface area contributed by atoms with Crippen LogP contribution in [0.15, 0.2) is 24.4 Å². The summed E-state index contributed by atoms with van der Waals surface area (Å²) in [5.41, 5.74) is 0.478. The van der Waals surface area contributed by atoms with Crippen molar-refractivity contribution in [3.05, 3.63) is 24.4 Å². The highest BCUT2D eigenvalue weighted by molar-refractivity contribution is 5.87. The van der Waals surface area contributed by atoms with Crippen LogP contribution in [-0.4, -0.2) is 56.5 Å². The van der Waals surface area contributed by atoms with Gasteiger partial charge in [0, 0.05) is 13.2 Å². The number of aliphatic hydroxyl groups is 1. The van der Waals surface area contributed by atoms with Crippen LogP contribution >= 0.6 is 0 Å². The van der Waals surface area contributed by atoms with E-state index in [-0.39, 0.29) is 5.95 Å².